The minimum atomic E-state index is -4.21. The van der Waals surface area contributed by atoms with E-state index in [1.54, 1.807) is 0 Å². The van der Waals surface area contributed by atoms with Crippen LogP contribution in [0.15, 0.2) is 4.52 Å². The minimum absolute atomic E-state index is 0.0905. The highest BCUT2D eigenvalue weighted by atomic mass is 19.4. The van der Waals surface area contributed by atoms with Gasteiger partial charge in [0.2, 0.25) is 5.89 Å². The molecule has 0 aliphatic carbocycles. The van der Waals surface area contributed by atoms with Gasteiger partial charge in [-0.3, -0.25) is 0 Å². The highest BCUT2D eigenvalue weighted by Gasteiger charge is 2.32. The highest BCUT2D eigenvalue weighted by Crippen LogP contribution is 2.26. The predicted molar refractivity (Wildman–Crippen MR) is 59.7 cm³/mol. The average Bonchev–Trinajstić information content (AvgIpc) is 2.84. The summed E-state index contributed by atoms with van der Waals surface area (Å²) in [6, 6.07) is 0.143. The molecule has 0 amide bonds. The van der Waals surface area contributed by atoms with Gasteiger partial charge in [-0.25, -0.2) is 0 Å². The van der Waals surface area contributed by atoms with Crippen molar-refractivity contribution >= 4 is 0 Å². The molecule has 2 heterocycles. The molecule has 2 atom stereocenters. The molecule has 0 bridgehead atoms. The molecule has 0 aromatic carbocycles. The first-order valence-corrected chi connectivity index (χ1v) is 6.14. The summed E-state index contributed by atoms with van der Waals surface area (Å²) < 4.78 is 46.7. The van der Waals surface area contributed by atoms with E-state index in [9.17, 15) is 13.2 Å². The summed E-state index contributed by atoms with van der Waals surface area (Å²) in [5.41, 5.74) is 0. The number of hydrogen-bond donors (Lipinski definition) is 1. The van der Waals surface area contributed by atoms with Crippen LogP contribution in [0.3, 0.4) is 0 Å². The standard InChI is InChI=1S/C11H16F3N3O2/c1-15-8-3-5-18-6-7(8)10-16-9(17-19-10)2-4-11(12,13)14/h7-8,15H,2-6H2,1H3. The molecule has 2 unspecified atom stereocenters. The van der Waals surface area contributed by atoms with Gasteiger partial charge in [-0.05, 0) is 13.5 Å². The SMILES string of the molecule is CNC1CCOCC1c1nc(CCC(F)(F)F)no1. The summed E-state index contributed by atoms with van der Waals surface area (Å²) in [7, 11) is 1.82. The Hall–Kier alpha value is -1.15. The Morgan fingerprint density at radius 1 is 1.42 bits per heavy atom. The summed E-state index contributed by atoms with van der Waals surface area (Å²) >= 11 is 0. The Kier molecular flexibility index (Phi) is 4.41. The number of nitrogens with one attached hydrogen (secondary N) is 1. The summed E-state index contributed by atoms with van der Waals surface area (Å²) in [5, 5.41) is 6.72. The van der Waals surface area contributed by atoms with Gasteiger partial charge in [0, 0.05) is 19.1 Å². The number of likely N-dealkylation sites (N-methyl/N-ethyl adjacent to an activating group) is 1. The fourth-order valence-electron chi connectivity index (χ4n) is 2.10. The van der Waals surface area contributed by atoms with Gasteiger partial charge < -0.3 is 14.6 Å². The van der Waals surface area contributed by atoms with Crippen LogP contribution in [-0.4, -0.2) is 42.6 Å². The Labute approximate surface area is 108 Å². The molecular weight excluding hydrogens is 263 g/mol. The Morgan fingerprint density at radius 3 is 2.89 bits per heavy atom. The quantitative estimate of drug-likeness (QED) is 0.908. The molecule has 19 heavy (non-hydrogen) atoms. The molecular formula is C11H16F3N3O2. The van der Waals surface area contributed by atoms with E-state index in [2.05, 4.69) is 15.5 Å². The molecule has 1 aliphatic heterocycles. The Bertz CT molecular complexity index is 408. The van der Waals surface area contributed by atoms with Crippen LogP contribution in [0.25, 0.3) is 0 Å². The van der Waals surface area contributed by atoms with E-state index in [-0.39, 0.29) is 24.2 Å². The van der Waals surface area contributed by atoms with Crippen molar-refractivity contribution in [2.45, 2.75) is 37.4 Å². The van der Waals surface area contributed by atoms with Crippen molar-refractivity contribution in [1.82, 2.24) is 15.5 Å². The lowest BCUT2D eigenvalue weighted by Gasteiger charge is -2.28. The van der Waals surface area contributed by atoms with E-state index in [1.807, 2.05) is 7.05 Å². The third-order valence-corrected chi connectivity index (χ3v) is 3.16. The molecule has 2 rings (SSSR count). The molecule has 0 saturated carbocycles. The second-order valence-electron chi connectivity index (χ2n) is 4.53. The van der Waals surface area contributed by atoms with E-state index in [1.165, 1.54) is 0 Å². The van der Waals surface area contributed by atoms with Gasteiger partial charge in [0.15, 0.2) is 5.82 Å². The van der Waals surface area contributed by atoms with Crippen molar-refractivity contribution in [3.8, 4) is 0 Å². The fourth-order valence-corrected chi connectivity index (χ4v) is 2.10. The summed E-state index contributed by atoms with van der Waals surface area (Å²) in [5.74, 6) is 0.329. The fraction of sp³-hybridized carbons (Fsp3) is 0.818. The van der Waals surface area contributed by atoms with Gasteiger partial charge in [0.25, 0.3) is 0 Å². The second-order valence-corrected chi connectivity index (χ2v) is 4.53. The zero-order chi connectivity index (χ0) is 13.9. The second kappa shape index (κ2) is 5.87. The van der Waals surface area contributed by atoms with E-state index in [0.717, 1.165) is 6.42 Å². The van der Waals surface area contributed by atoms with Gasteiger partial charge in [-0.15, -0.1) is 0 Å². The first kappa shape index (κ1) is 14.3. The first-order chi connectivity index (χ1) is 8.99. The molecule has 1 aliphatic rings. The molecule has 1 aromatic rings. The van der Waals surface area contributed by atoms with Gasteiger partial charge in [0.05, 0.1) is 18.9 Å². The molecule has 108 valence electrons. The third kappa shape index (κ3) is 3.90. The largest absolute Gasteiger partial charge is 0.389 e. The number of ether oxygens (including phenoxy) is 1. The lowest BCUT2D eigenvalue weighted by Crippen LogP contribution is -2.39. The number of rotatable bonds is 4. The third-order valence-electron chi connectivity index (χ3n) is 3.16. The molecule has 0 spiro atoms. The van der Waals surface area contributed by atoms with Crippen molar-refractivity contribution in [3.63, 3.8) is 0 Å². The van der Waals surface area contributed by atoms with E-state index < -0.39 is 12.6 Å². The van der Waals surface area contributed by atoms with Crippen LogP contribution in [0.5, 0.6) is 0 Å². The summed E-state index contributed by atoms with van der Waals surface area (Å²) in [4.78, 5) is 4.04. The number of nitrogens with zero attached hydrogens (tertiary/aromatic N) is 2. The van der Waals surface area contributed by atoms with Crippen LogP contribution >= 0.6 is 0 Å². The Morgan fingerprint density at radius 2 is 2.21 bits per heavy atom. The first-order valence-electron chi connectivity index (χ1n) is 6.14. The van der Waals surface area contributed by atoms with Crippen LogP contribution < -0.4 is 5.32 Å². The summed E-state index contributed by atoms with van der Waals surface area (Å²) in [6.07, 6.45) is -4.60. The lowest BCUT2D eigenvalue weighted by atomic mass is 9.96. The van der Waals surface area contributed by atoms with Crippen LogP contribution in [0.2, 0.25) is 0 Å². The van der Waals surface area contributed by atoms with Crippen LogP contribution in [0.4, 0.5) is 13.2 Å². The minimum Gasteiger partial charge on any atom is -0.381 e. The number of aromatic nitrogens is 2. The Balaban J connectivity index is 1.99. The van der Waals surface area contributed by atoms with E-state index in [0.29, 0.717) is 19.1 Å². The molecule has 5 nitrogen and oxygen atoms in total. The normalized spacial score (nSPS) is 24.6. The van der Waals surface area contributed by atoms with Gasteiger partial charge in [-0.2, -0.15) is 18.2 Å². The number of alkyl halides is 3. The van der Waals surface area contributed by atoms with Crippen molar-refractivity contribution < 1.29 is 22.4 Å². The molecule has 1 aromatic heterocycles. The molecule has 8 heteroatoms. The van der Waals surface area contributed by atoms with Gasteiger partial charge >= 0.3 is 6.18 Å². The predicted octanol–water partition coefficient (Wildman–Crippen LogP) is 1.66. The zero-order valence-corrected chi connectivity index (χ0v) is 10.5. The number of aryl methyl sites for hydroxylation is 1. The van der Waals surface area contributed by atoms with Crippen molar-refractivity contribution in [3.05, 3.63) is 11.7 Å². The van der Waals surface area contributed by atoms with Crippen LogP contribution in [0.1, 0.15) is 30.5 Å². The molecule has 1 fully saturated rings. The van der Waals surface area contributed by atoms with Crippen LogP contribution in [0, 0.1) is 0 Å². The maximum atomic E-state index is 12.1. The molecule has 1 N–H and O–H groups in total. The number of hydrogen-bond acceptors (Lipinski definition) is 5. The summed E-state index contributed by atoms with van der Waals surface area (Å²) in [6.45, 7) is 1.09. The topological polar surface area (TPSA) is 60.2 Å². The zero-order valence-electron chi connectivity index (χ0n) is 10.5. The molecule has 1 saturated heterocycles. The van der Waals surface area contributed by atoms with Gasteiger partial charge in [0.1, 0.15) is 0 Å². The van der Waals surface area contributed by atoms with Crippen LogP contribution in [-0.2, 0) is 11.2 Å². The van der Waals surface area contributed by atoms with Crippen molar-refractivity contribution in [1.29, 1.82) is 0 Å². The van der Waals surface area contributed by atoms with Crippen molar-refractivity contribution in [2.75, 3.05) is 20.3 Å². The van der Waals surface area contributed by atoms with Crippen molar-refractivity contribution in [2.24, 2.45) is 0 Å². The molecule has 0 radical (unpaired) electrons. The highest BCUT2D eigenvalue weighted by molar-refractivity contribution is 5.01. The smallest absolute Gasteiger partial charge is 0.381 e. The van der Waals surface area contributed by atoms with E-state index in [4.69, 9.17) is 9.26 Å². The maximum absolute atomic E-state index is 12.1. The average molecular weight is 279 g/mol. The number of halogens is 3. The van der Waals surface area contributed by atoms with Gasteiger partial charge in [-0.1, -0.05) is 5.16 Å². The maximum Gasteiger partial charge on any atom is 0.389 e. The van der Waals surface area contributed by atoms with E-state index >= 15 is 0 Å². The lowest BCUT2D eigenvalue weighted by molar-refractivity contribution is -0.134. The monoisotopic (exact) mass is 279 g/mol.